The Bertz CT molecular complexity index is 993. The molecule has 0 aromatic heterocycles. The Morgan fingerprint density at radius 3 is 2.09 bits per heavy atom. The molecule has 1 aliphatic rings. The van der Waals surface area contributed by atoms with Crippen molar-refractivity contribution >= 4 is 5.97 Å². The number of carbonyl (C=O) groups excluding carboxylic acids is 1. The van der Waals surface area contributed by atoms with Gasteiger partial charge in [-0.25, -0.2) is 22.4 Å². The lowest BCUT2D eigenvalue weighted by Gasteiger charge is -2.32. The van der Waals surface area contributed by atoms with Gasteiger partial charge < -0.3 is 4.74 Å². The first-order chi connectivity index (χ1) is 15.2. The molecule has 1 fully saturated rings. The molecule has 2 aromatic carbocycles. The number of esters is 1. The molecule has 1 aliphatic carbocycles. The van der Waals surface area contributed by atoms with Gasteiger partial charge in [-0.1, -0.05) is 33.1 Å². The van der Waals surface area contributed by atoms with Crippen LogP contribution in [-0.2, 0) is 6.42 Å². The first-order valence-electron chi connectivity index (χ1n) is 10.8. The molecule has 1 atom stereocenters. The van der Waals surface area contributed by atoms with Crippen molar-refractivity contribution in [2.24, 2.45) is 17.8 Å². The second-order valence-corrected chi connectivity index (χ2v) is 8.57. The average molecular weight is 447 g/mol. The summed E-state index contributed by atoms with van der Waals surface area (Å²) in [6.07, 6.45) is 6.22. The lowest BCUT2D eigenvalue weighted by Crippen LogP contribution is -2.21. The van der Waals surface area contributed by atoms with Crippen molar-refractivity contribution < 1.29 is 27.1 Å². The van der Waals surface area contributed by atoms with E-state index in [-0.39, 0.29) is 5.92 Å². The fourth-order valence-corrected chi connectivity index (χ4v) is 4.52. The number of hydrogen-bond acceptors (Lipinski definition) is 3. The van der Waals surface area contributed by atoms with Crippen LogP contribution in [0.4, 0.5) is 17.6 Å². The summed E-state index contributed by atoms with van der Waals surface area (Å²) in [5.41, 5.74) is -1.34. The van der Waals surface area contributed by atoms with E-state index in [0.717, 1.165) is 30.9 Å². The quantitative estimate of drug-likeness (QED) is 0.280. The summed E-state index contributed by atoms with van der Waals surface area (Å²) >= 11 is 0. The third-order valence-electron chi connectivity index (χ3n) is 6.48. The second-order valence-electron chi connectivity index (χ2n) is 8.57. The van der Waals surface area contributed by atoms with E-state index < -0.39 is 46.1 Å². The Morgan fingerprint density at radius 1 is 1.03 bits per heavy atom. The highest BCUT2D eigenvalue weighted by molar-refractivity contribution is 5.91. The summed E-state index contributed by atoms with van der Waals surface area (Å²) in [5.74, 6) is -5.19. The third-order valence-corrected chi connectivity index (χ3v) is 6.48. The molecule has 0 aliphatic heterocycles. The summed E-state index contributed by atoms with van der Waals surface area (Å²) in [5, 5.41) is 8.68. The highest BCUT2D eigenvalue weighted by Crippen LogP contribution is 2.36. The van der Waals surface area contributed by atoms with Crippen molar-refractivity contribution in [2.45, 2.75) is 52.4 Å². The monoisotopic (exact) mass is 447 g/mol. The van der Waals surface area contributed by atoms with Gasteiger partial charge in [-0.3, -0.25) is 0 Å². The minimum absolute atomic E-state index is 0.244. The van der Waals surface area contributed by atoms with Crippen molar-refractivity contribution in [1.29, 1.82) is 5.26 Å². The van der Waals surface area contributed by atoms with E-state index in [9.17, 15) is 22.4 Å². The van der Waals surface area contributed by atoms with Crippen LogP contribution in [0.2, 0.25) is 0 Å². The van der Waals surface area contributed by atoms with Crippen LogP contribution in [0.15, 0.2) is 24.3 Å². The van der Waals surface area contributed by atoms with Crippen LogP contribution in [0, 0.1) is 52.4 Å². The highest BCUT2D eigenvalue weighted by atomic mass is 19.1. The van der Waals surface area contributed by atoms with Crippen LogP contribution in [0.5, 0.6) is 5.75 Å². The summed E-state index contributed by atoms with van der Waals surface area (Å²) in [4.78, 5) is 12.3. The molecular formula is C25H25F4NO2. The van der Waals surface area contributed by atoms with Gasteiger partial charge >= 0.3 is 5.97 Å². The van der Waals surface area contributed by atoms with Crippen molar-refractivity contribution in [3.8, 4) is 11.8 Å². The minimum Gasteiger partial charge on any atom is -0.423 e. The molecule has 3 nitrogen and oxygen atoms in total. The van der Waals surface area contributed by atoms with Gasteiger partial charge in [-0.15, -0.1) is 0 Å². The Hall–Kier alpha value is -2.88. The standard InChI is InChI=1S/C25H25F4NO2/c1-3-15-4-6-17(7-5-15)14(2)8-16-9-22(28)24(23(29)10-16)25(31)32-18-11-20(26)19(13-30)21(27)12-18/h9-12,14-15,17H,3-8H2,1-2H3. The molecular weight excluding hydrogens is 422 g/mol. The predicted octanol–water partition coefficient (Wildman–Crippen LogP) is 6.73. The van der Waals surface area contributed by atoms with Crippen LogP contribution in [0.1, 0.15) is 67.4 Å². The zero-order valence-electron chi connectivity index (χ0n) is 18.1. The van der Waals surface area contributed by atoms with Crippen LogP contribution in [-0.4, -0.2) is 5.97 Å². The van der Waals surface area contributed by atoms with Crippen molar-refractivity contribution in [3.05, 3.63) is 64.2 Å². The largest absolute Gasteiger partial charge is 0.423 e. The topological polar surface area (TPSA) is 50.1 Å². The molecule has 0 radical (unpaired) electrons. The van der Waals surface area contributed by atoms with Crippen LogP contribution in [0.3, 0.4) is 0 Å². The van der Waals surface area contributed by atoms with Crippen LogP contribution >= 0.6 is 0 Å². The van der Waals surface area contributed by atoms with Crippen molar-refractivity contribution in [2.75, 3.05) is 0 Å². The number of ether oxygens (including phenoxy) is 1. The van der Waals surface area contributed by atoms with Gasteiger partial charge in [0.15, 0.2) is 0 Å². The fourth-order valence-electron chi connectivity index (χ4n) is 4.52. The lowest BCUT2D eigenvalue weighted by molar-refractivity contribution is 0.0723. The Balaban J connectivity index is 1.72. The molecule has 1 saturated carbocycles. The molecule has 0 amide bonds. The summed E-state index contributed by atoms with van der Waals surface area (Å²) in [6, 6.07) is 4.76. The highest BCUT2D eigenvalue weighted by Gasteiger charge is 2.26. The molecule has 3 rings (SSSR count). The maximum Gasteiger partial charge on any atom is 0.349 e. The molecule has 0 saturated heterocycles. The first-order valence-corrected chi connectivity index (χ1v) is 10.8. The molecule has 170 valence electrons. The number of rotatable bonds is 6. The molecule has 0 bridgehead atoms. The number of nitrogens with zero attached hydrogens (tertiary/aromatic N) is 1. The Labute approximate surface area is 185 Å². The van der Waals surface area contributed by atoms with Crippen molar-refractivity contribution in [1.82, 2.24) is 0 Å². The van der Waals surface area contributed by atoms with E-state index in [2.05, 4.69) is 13.8 Å². The average Bonchev–Trinajstić information content (AvgIpc) is 2.73. The Morgan fingerprint density at radius 2 is 1.59 bits per heavy atom. The summed E-state index contributed by atoms with van der Waals surface area (Å²) < 4.78 is 61.3. The molecule has 32 heavy (non-hydrogen) atoms. The van der Waals surface area contributed by atoms with Gasteiger partial charge in [-0.05, 0) is 54.7 Å². The van der Waals surface area contributed by atoms with E-state index in [4.69, 9.17) is 10.00 Å². The molecule has 0 spiro atoms. The molecule has 2 aromatic rings. The zero-order chi connectivity index (χ0) is 23.4. The number of hydrogen-bond donors (Lipinski definition) is 0. The van der Waals surface area contributed by atoms with Gasteiger partial charge in [-0.2, -0.15) is 5.26 Å². The van der Waals surface area contributed by atoms with E-state index in [1.54, 1.807) is 0 Å². The predicted molar refractivity (Wildman–Crippen MR) is 111 cm³/mol. The van der Waals surface area contributed by atoms with Gasteiger partial charge in [0.05, 0.1) is 0 Å². The van der Waals surface area contributed by atoms with Gasteiger partial charge in [0.2, 0.25) is 0 Å². The van der Waals surface area contributed by atoms with E-state index in [1.807, 2.05) is 0 Å². The van der Waals surface area contributed by atoms with E-state index >= 15 is 0 Å². The van der Waals surface area contributed by atoms with Gasteiger partial charge in [0.1, 0.15) is 46.2 Å². The minimum atomic E-state index is -1.42. The lowest BCUT2D eigenvalue weighted by atomic mass is 9.74. The number of carbonyl (C=O) groups is 1. The van der Waals surface area contributed by atoms with Crippen LogP contribution < -0.4 is 4.74 Å². The van der Waals surface area contributed by atoms with Crippen LogP contribution in [0.25, 0.3) is 0 Å². The second kappa shape index (κ2) is 10.2. The maximum absolute atomic E-state index is 14.6. The van der Waals surface area contributed by atoms with E-state index in [1.165, 1.54) is 25.3 Å². The molecule has 1 unspecified atom stereocenters. The van der Waals surface area contributed by atoms with Gasteiger partial charge in [0.25, 0.3) is 0 Å². The number of benzene rings is 2. The summed E-state index contributed by atoms with van der Waals surface area (Å²) in [6.45, 7) is 4.27. The van der Waals surface area contributed by atoms with E-state index in [0.29, 0.717) is 30.0 Å². The van der Waals surface area contributed by atoms with Gasteiger partial charge in [0, 0.05) is 12.1 Å². The number of halogens is 4. The molecule has 0 heterocycles. The molecule has 0 N–H and O–H groups in total. The summed E-state index contributed by atoms with van der Waals surface area (Å²) in [7, 11) is 0. The number of nitriles is 1. The smallest absolute Gasteiger partial charge is 0.349 e. The Kier molecular flexibility index (Phi) is 7.55. The maximum atomic E-state index is 14.6. The first kappa shape index (κ1) is 23.8. The SMILES string of the molecule is CCC1CCC(C(C)Cc2cc(F)c(C(=O)Oc3cc(F)c(C#N)c(F)c3)c(F)c2)CC1. The normalized spacial score (nSPS) is 19.3. The zero-order valence-corrected chi connectivity index (χ0v) is 18.1. The molecule has 7 heteroatoms. The third kappa shape index (κ3) is 5.29. The van der Waals surface area contributed by atoms with Crippen molar-refractivity contribution in [3.63, 3.8) is 0 Å². The fraction of sp³-hybridized carbons (Fsp3) is 0.440.